The molecule has 0 N–H and O–H groups in total. The summed E-state index contributed by atoms with van der Waals surface area (Å²) in [6, 6.07) is 20.4. The van der Waals surface area contributed by atoms with Crippen molar-refractivity contribution in [3.05, 3.63) is 71.8 Å². The molecule has 1 heteroatoms. The smallest absolute Gasteiger partial charge is 0.164 e. The third kappa shape index (κ3) is 2.82. The fourth-order valence-corrected chi connectivity index (χ4v) is 3.15. The maximum Gasteiger partial charge on any atom is 0.164 e. The second kappa shape index (κ2) is 5.33. The number of ketones is 1. The van der Waals surface area contributed by atoms with Crippen molar-refractivity contribution in [1.82, 2.24) is 0 Å². The highest BCUT2D eigenvalue weighted by molar-refractivity contribution is 6.29. The van der Waals surface area contributed by atoms with E-state index in [0.29, 0.717) is 6.42 Å². The van der Waals surface area contributed by atoms with Gasteiger partial charge in [-0.3, -0.25) is 4.79 Å². The fraction of sp³-hybridized carbons (Fsp3) is 0.250. The molecule has 0 radical (unpaired) electrons. The van der Waals surface area contributed by atoms with Crippen LogP contribution in [-0.4, -0.2) is 5.78 Å². The zero-order valence-corrected chi connectivity index (χ0v) is 12.6. The van der Waals surface area contributed by atoms with Crippen LogP contribution in [0.15, 0.2) is 60.7 Å². The Morgan fingerprint density at radius 3 is 1.86 bits per heavy atom. The van der Waals surface area contributed by atoms with Crippen LogP contribution in [0.5, 0.6) is 0 Å². The maximum atomic E-state index is 12.7. The van der Waals surface area contributed by atoms with Crippen LogP contribution in [0, 0.1) is 5.41 Å². The van der Waals surface area contributed by atoms with E-state index in [9.17, 15) is 4.79 Å². The van der Waals surface area contributed by atoms with Gasteiger partial charge >= 0.3 is 0 Å². The molecule has 0 bridgehead atoms. The summed E-state index contributed by atoms with van der Waals surface area (Å²) in [6.45, 7) is 4.35. The van der Waals surface area contributed by atoms with Gasteiger partial charge in [-0.1, -0.05) is 74.5 Å². The van der Waals surface area contributed by atoms with Gasteiger partial charge in [0, 0.05) is 12.0 Å². The molecule has 21 heavy (non-hydrogen) atoms. The lowest BCUT2D eigenvalue weighted by Gasteiger charge is -2.32. The quantitative estimate of drug-likeness (QED) is 0.755. The first-order valence-electron chi connectivity index (χ1n) is 7.44. The number of carbonyl (C=O) groups is 1. The Morgan fingerprint density at radius 2 is 1.29 bits per heavy atom. The van der Waals surface area contributed by atoms with Crippen molar-refractivity contribution in [2.24, 2.45) is 5.41 Å². The monoisotopic (exact) mass is 276 g/mol. The second-order valence-corrected chi connectivity index (χ2v) is 6.53. The summed E-state index contributed by atoms with van der Waals surface area (Å²) in [5.41, 5.74) is 4.32. The Balaban J connectivity index is 2.21. The van der Waals surface area contributed by atoms with Crippen molar-refractivity contribution in [2.75, 3.05) is 0 Å². The highest BCUT2D eigenvalue weighted by Crippen LogP contribution is 2.44. The van der Waals surface area contributed by atoms with Gasteiger partial charge in [0.1, 0.15) is 0 Å². The molecule has 0 spiro atoms. The molecule has 0 unspecified atom stereocenters. The standard InChI is InChI=1S/C20H20O/c1-20(2)13-17(15-9-5-3-6-10-15)19(18(21)14-20)16-11-7-4-8-12-16/h3-12H,13-14H2,1-2H3. The maximum absolute atomic E-state index is 12.7. The van der Waals surface area contributed by atoms with E-state index < -0.39 is 0 Å². The van der Waals surface area contributed by atoms with E-state index in [1.54, 1.807) is 0 Å². The van der Waals surface area contributed by atoms with Crippen molar-refractivity contribution in [3.63, 3.8) is 0 Å². The highest BCUT2D eigenvalue weighted by Gasteiger charge is 2.33. The molecule has 3 rings (SSSR count). The Labute approximate surface area is 126 Å². The fourth-order valence-electron chi connectivity index (χ4n) is 3.15. The van der Waals surface area contributed by atoms with E-state index in [0.717, 1.165) is 23.1 Å². The molecule has 1 nitrogen and oxygen atoms in total. The second-order valence-electron chi connectivity index (χ2n) is 6.53. The van der Waals surface area contributed by atoms with Crippen molar-refractivity contribution in [1.29, 1.82) is 0 Å². The number of benzene rings is 2. The molecule has 0 saturated heterocycles. The van der Waals surface area contributed by atoms with Crippen LogP contribution < -0.4 is 0 Å². The van der Waals surface area contributed by atoms with Crippen LogP contribution in [0.3, 0.4) is 0 Å². The third-order valence-corrected chi connectivity index (χ3v) is 4.06. The first kappa shape index (κ1) is 13.8. The summed E-state index contributed by atoms with van der Waals surface area (Å²) in [5, 5.41) is 0. The summed E-state index contributed by atoms with van der Waals surface area (Å²) in [4.78, 5) is 12.7. The van der Waals surface area contributed by atoms with Crippen molar-refractivity contribution in [3.8, 4) is 0 Å². The molecule has 2 aromatic carbocycles. The molecule has 0 fully saturated rings. The zero-order valence-electron chi connectivity index (χ0n) is 12.6. The highest BCUT2D eigenvalue weighted by atomic mass is 16.1. The number of Topliss-reactive ketones (excluding diaryl/α,β-unsaturated/α-hetero) is 1. The average Bonchev–Trinajstić information content (AvgIpc) is 2.47. The molecule has 1 aliphatic carbocycles. The number of carbonyl (C=O) groups excluding carboxylic acids is 1. The van der Waals surface area contributed by atoms with E-state index in [-0.39, 0.29) is 11.2 Å². The van der Waals surface area contributed by atoms with Crippen LogP contribution in [0.2, 0.25) is 0 Å². The van der Waals surface area contributed by atoms with E-state index in [1.165, 1.54) is 5.57 Å². The Morgan fingerprint density at radius 1 is 0.762 bits per heavy atom. The molecule has 0 heterocycles. The van der Waals surface area contributed by atoms with E-state index in [2.05, 4.69) is 26.0 Å². The van der Waals surface area contributed by atoms with Gasteiger partial charge in [0.05, 0.1) is 0 Å². The SMILES string of the molecule is CC1(C)CC(=O)C(c2ccccc2)=C(c2ccccc2)C1. The topological polar surface area (TPSA) is 17.1 Å². The first-order valence-corrected chi connectivity index (χ1v) is 7.44. The molecule has 106 valence electrons. The van der Waals surface area contributed by atoms with Gasteiger partial charge in [-0.25, -0.2) is 0 Å². The number of hydrogen-bond acceptors (Lipinski definition) is 1. The van der Waals surface area contributed by atoms with Gasteiger partial charge in [-0.15, -0.1) is 0 Å². The van der Waals surface area contributed by atoms with Gasteiger partial charge in [0.2, 0.25) is 0 Å². The third-order valence-electron chi connectivity index (χ3n) is 4.06. The van der Waals surface area contributed by atoms with Crippen LogP contribution in [0.1, 0.15) is 37.8 Å². The van der Waals surface area contributed by atoms with Crippen LogP contribution in [-0.2, 0) is 4.79 Å². The lowest BCUT2D eigenvalue weighted by Crippen LogP contribution is -2.24. The molecular weight excluding hydrogens is 256 g/mol. The summed E-state index contributed by atoms with van der Waals surface area (Å²) in [6.07, 6.45) is 1.56. The van der Waals surface area contributed by atoms with E-state index in [1.807, 2.05) is 48.5 Å². The number of rotatable bonds is 2. The summed E-state index contributed by atoms with van der Waals surface area (Å²) < 4.78 is 0. The number of hydrogen-bond donors (Lipinski definition) is 0. The lowest BCUT2D eigenvalue weighted by atomic mass is 9.70. The zero-order chi connectivity index (χ0) is 14.9. The molecular formula is C20H20O. The minimum atomic E-state index is 0.0283. The van der Waals surface area contributed by atoms with Crippen LogP contribution >= 0.6 is 0 Å². The molecule has 1 aliphatic rings. The van der Waals surface area contributed by atoms with Gasteiger partial charge in [-0.2, -0.15) is 0 Å². The van der Waals surface area contributed by atoms with Crippen LogP contribution in [0.4, 0.5) is 0 Å². The average molecular weight is 276 g/mol. The summed E-state index contributed by atoms with van der Waals surface area (Å²) in [7, 11) is 0. The predicted molar refractivity (Wildman–Crippen MR) is 87.7 cm³/mol. The van der Waals surface area contributed by atoms with Gasteiger partial charge < -0.3 is 0 Å². The lowest BCUT2D eigenvalue weighted by molar-refractivity contribution is -0.115. The molecule has 2 aromatic rings. The normalized spacial score (nSPS) is 17.9. The van der Waals surface area contributed by atoms with Crippen molar-refractivity contribution >= 4 is 16.9 Å². The predicted octanol–water partition coefficient (Wildman–Crippen LogP) is 4.99. The minimum absolute atomic E-state index is 0.0283. The molecule has 0 aromatic heterocycles. The Kier molecular flexibility index (Phi) is 3.50. The van der Waals surface area contributed by atoms with Gasteiger partial charge in [0.25, 0.3) is 0 Å². The Bertz CT molecular complexity index is 678. The van der Waals surface area contributed by atoms with E-state index >= 15 is 0 Å². The number of allylic oxidation sites excluding steroid dienone is 2. The summed E-state index contributed by atoms with van der Waals surface area (Å²) in [5.74, 6) is 0.260. The van der Waals surface area contributed by atoms with E-state index in [4.69, 9.17) is 0 Å². The molecule has 0 aliphatic heterocycles. The van der Waals surface area contributed by atoms with Crippen molar-refractivity contribution in [2.45, 2.75) is 26.7 Å². The van der Waals surface area contributed by atoms with Crippen molar-refractivity contribution < 1.29 is 4.79 Å². The van der Waals surface area contributed by atoms with Gasteiger partial charge in [0.15, 0.2) is 5.78 Å². The minimum Gasteiger partial charge on any atom is -0.294 e. The van der Waals surface area contributed by atoms with Crippen LogP contribution in [0.25, 0.3) is 11.1 Å². The molecule has 0 atom stereocenters. The first-order chi connectivity index (χ1) is 10.1. The van der Waals surface area contributed by atoms with Gasteiger partial charge in [-0.05, 0) is 28.5 Å². The largest absolute Gasteiger partial charge is 0.294 e. The Hall–Kier alpha value is -2.15. The molecule has 0 amide bonds. The summed E-state index contributed by atoms with van der Waals surface area (Å²) >= 11 is 0. The molecule has 0 saturated carbocycles.